The van der Waals surface area contributed by atoms with E-state index < -0.39 is 0 Å². The summed E-state index contributed by atoms with van der Waals surface area (Å²) in [5, 5.41) is 3.65. The fourth-order valence-electron chi connectivity index (χ4n) is 2.64. The Balaban J connectivity index is 0.00000220. The summed E-state index contributed by atoms with van der Waals surface area (Å²) in [7, 11) is 0. The summed E-state index contributed by atoms with van der Waals surface area (Å²) in [6.45, 7) is 2.51. The topological polar surface area (TPSA) is 64.3 Å². The number of hydrogen-bond acceptors (Lipinski definition) is 3. The molecule has 3 N–H and O–H groups in total. The number of nitrogens with two attached hydrogens (primary N) is 1. The van der Waals surface area contributed by atoms with E-state index in [0.29, 0.717) is 23.2 Å². The Morgan fingerprint density at radius 2 is 2.24 bits per heavy atom. The van der Waals surface area contributed by atoms with E-state index in [1.54, 1.807) is 6.07 Å². The molecule has 6 heteroatoms. The summed E-state index contributed by atoms with van der Waals surface area (Å²) in [4.78, 5) is 11.9. The quantitative estimate of drug-likeness (QED) is 0.871. The van der Waals surface area contributed by atoms with Crippen LogP contribution in [0.3, 0.4) is 0 Å². The number of benzene rings is 1. The Morgan fingerprint density at radius 3 is 2.95 bits per heavy atom. The van der Waals surface area contributed by atoms with E-state index in [1.165, 1.54) is 0 Å². The van der Waals surface area contributed by atoms with Gasteiger partial charge in [-0.05, 0) is 44.4 Å². The molecule has 0 radical (unpaired) electrons. The fourth-order valence-corrected chi connectivity index (χ4v) is 2.81. The number of halogens is 2. The minimum Gasteiger partial charge on any atom is -0.483 e. The molecule has 0 aromatic heterocycles. The summed E-state index contributed by atoms with van der Waals surface area (Å²) < 4.78 is 5.53. The molecule has 2 rings (SSSR count). The molecule has 21 heavy (non-hydrogen) atoms. The number of ether oxygens (including phenoxy) is 1. The second-order valence-corrected chi connectivity index (χ2v) is 5.66. The lowest BCUT2D eigenvalue weighted by atomic mass is 10.0. The van der Waals surface area contributed by atoms with Gasteiger partial charge in [-0.1, -0.05) is 24.1 Å². The van der Waals surface area contributed by atoms with Gasteiger partial charge >= 0.3 is 0 Å². The summed E-state index contributed by atoms with van der Waals surface area (Å²) >= 11 is 6.01. The van der Waals surface area contributed by atoms with Crippen molar-refractivity contribution < 1.29 is 9.53 Å². The molecule has 0 bridgehead atoms. The number of hydrogen-bond donors (Lipinski definition) is 2. The molecule has 0 spiro atoms. The molecule has 0 saturated heterocycles. The van der Waals surface area contributed by atoms with Crippen molar-refractivity contribution >= 4 is 29.9 Å². The first-order chi connectivity index (χ1) is 9.61. The van der Waals surface area contributed by atoms with E-state index in [4.69, 9.17) is 22.1 Å². The third-order valence-electron chi connectivity index (χ3n) is 3.88. The van der Waals surface area contributed by atoms with Crippen LogP contribution >= 0.6 is 24.0 Å². The number of nitrogens with one attached hydrogen (secondary N) is 1. The minimum absolute atomic E-state index is 0. The lowest BCUT2D eigenvalue weighted by molar-refractivity contribution is -0.124. The van der Waals surface area contributed by atoms with E-state index in [2.05, 4.69) is 5.32 Å². The molecule has 1 aliphatic carbocycles. The first kappa shape index (κ1) is 18.1. The monoisotopic (exact) mass is 332 g/mol. The molecule has 1 aromatic rings. The van der Waals surface area contributed by atoms with Crippen LogP contribution < -0.4 is 15.8 Å². The van der Waals surface area contributed by atoms with E-state index in [1.807, 2.05) is 19.1 Å². The molecule has 1 amide bonds. The van der Waals surface area contributed by atoms with Gasteiger partial charge < -0.3 is 15.8 Å². The predicted molar refractivity (Wildman–Crippen MR) is 87.3 cm³/mol. The SMILES string of the molecule is Cc1c(Cl)cccc1OCC(=O)NC1CCCC1CN.Cl. The Labute approximate surface area is 136 Å². The summed E-state index contributed by atoms with van der Waals surface area (Å²) in [6.07, 6.45) is 3.22. The number of rotatable bonds is 5. The maximum Gasteiger partial charge on any atom is 0.258 e. The van der Waals surface area contributed by atoms with Crippen LogP contribution in [0.2, 0.25) is 5.02 Å². The van der Waals surface area contributed by atoms with E-state index in [9.17, 15) is 4.79 Å². The van der Waals surface area contributed by atoms with Crippen LogP contribution in [0.5, 0.6) is 5.75 Å². The van der Waals surface area contributed by atoms with Crippen molar-refractivity contribution in [3.8, 4) is 5.75 Å². The average molecular weight is 333 g/mol. The molecular formula is C15H22Cl2N2O2. The van der Waals surface area contributed by atoms with Crippen molar-refractivity contribution in [1.29, 1.82) is 0 Å². The fraction of sp³-hybridized carbons (Fsp3) is 0.533. The van der Waals surface area contributed by atoms with Crippen LogP contribution in [-0.4, -0.2) is 25.1 Å². The van der Waals surface area contributed by atoms with Crippen molar-refractivity contribution in [2.45, 2.75) is 32.2 Å². The standard InChI is InChI=1S/C15H21ClN2O2.ClH/c1-10-12(16)5-3-7-14(10)20-9-15(19)18-13-6-2-4-11(13)8-17;/h3,5,7,11,13H,2,4,6,8-9,17H2,1H3,(H,18,19);1H. The molecule has 2 unspecified atom stereocenters. The largest absolute Gasteiger partial charge is 0.483 e. The lowest BCUT2D eigenvalue weighted by Gasteiger charge is -2.19. The molecule has 4 nitrogen and oxygen atoms in total. The van der Waals surface area contributed by atoms with Crippen molar-refractivity contribution in [1.82, 2.24) is 5.32 Å². The second kappa shape index (κ2) is 8.47. The molecule has 1 aromatic carbocycles. The summed E-state index contributed by atoms with van der Waals surface area (Å²) in [5.41, 5.74) is 6.55. The van der Waals surface area contributed by atoms with Crippen molar-refractivity contribution in [2.75, 3.05) is 13.2 Å². The zero-order valence-electron chi connectivity index (χ0n) is 12.1. The van der Waals surface area contributed by atoms with Gasteiger partial charge in [0, 0.05) is 16.6 Å². The molecule has 0 heterocycles. The highest BCUT2D eigenvalue weighted by molar-refractivity contribution is 6.31. The van der Waals surface area contributed by atoms with Gasteiger partial charge in [0.1, 0.15) is 5.75 Å². The van der Waals surface area contributed by atoms with Crippen LogP contribution in [0.4, 0.5) is 0 Å². The van der Waals surface area contributed by atoms with Gasteiger partial charge in [0.05, 0.1) is 0 Å². The average Bonchev–Trinajstić information content (AvgIpc) is 2.87. The first-order valence-corrected chi connectivity index (χ1v) is 7.37. The number of carbonyl (C=O) groups excluding carboxylic acids is 1. The van der Waals surface area contributed by atoms with E-state index in [0.717, 1.165) is 24.8 Å². The van der Waals surface area contributed by atoms with Crippen LogP contribution in [0.25, 0.3) is 0 Å². The van der Waals surface area contributed by atoms with Gasteiger partial charge in [0.25, 0.3) is 5.91 Å². The van der Waals surface area contributed by atoms with Crippen LogP contribution in [0.1, 0.15) is 24.8 Å². The molecule has 118 valence electrons. The number of carbonyl (C=O) groups is 1. The highest BCUT2D eigenvalue weighted by Crippen LogP contribution is 2.26. The van der Waals surface area contributed by atoms with Gasteiger partial charge in [-0.2, -0.15) is 0 Å². The smallest absolute Gasteiger partial charge is 0.258 e. The van der Waals surface area contributed by atoms with Crippen molar-refractivity contribution in [2.24, 2.45) is 11.7 Å². The van der Waals surface area contributed by atoms with Crippen LogP contribution in [-0.2, 0) is 4.79 Å². The summed E-state index contributed by atoms with van der Waals surface area (Å²) in [5.74, 6) is 0.941. The Morgan fingerprint density at radius 1 is 1.48 bits per heavy atom. The maximum absolute atomic E-state index is 11.9. The maximum atomic E-state index is 11.9. The third kappa shape index (κ3) is 4.77. The highest BCUT2D eigenvalue weighted by Gasteiger charge is 2.27. The van der Waals surface area contributed by atoms with Gasteiger partial charge in [-0.25, -0.2) is 0 Å². The minimum atomic E-state index is -0.102. The molecule has 1 fully saturated rings. The van der Waals surface area contributed by atoms with Crippen LogP contribution in [0, 0.1) is 12.8 Å². The Hall–Kier alpha value is -0.970. The van der Waals surface area contributed by atoms with Gasteiger partial charge in [-0.3, -0.25) is 4.79 Å². The lowest BCUT2D eigenvalue weighted by Crippen LogP contribution is -2.42. The second-order valence-electron chi connectivity index (χ2n) is 5.25. The number of amides is 1. The first-order valence-electron chi connectivity index (χ1n) is 6.99. The van der Waals surface area contributed by atoms with Crippen molar-refractivity contribution in [3.05, 3.63) is 28.8 Å². The Bertz CT molecular complexity index is 483. The predicted octanol–water partition coefficient (Wildman–Crippen LogP) is 2.69. The normalized spacial score (nSPS) is 20.7. The summed E-state index contributed by atoms with van der Waals surface area (Å²) in [6, 6.07) is 5.61. The Kier molecular flexibility index (Phi) is 7.29. The zero-order valence-corrected chi connectivity index (χ0v) is 13.7. The van der Waals surface area contributed by atoms with E-state index >= 15 is 0 Å². The van der Waals surface area contributed by atoms with Gasteiger partial charge in [0.15, 0.2) is 6.61 Å². The van der Waals surface area contributed by atoms with Crippen molar-refractivity contribution in [3.63, 3.8) is 0 Å². The van der Waals surface area contributed by atoms with Gasteiger partial charge in [0.2, 0.25) is 0 Å². The molecule has 1 aliphatic rings. The van der Waals surface area contributed by atoms with E-state index in [-0.39, 0.29) is 31.0 Å². The molecule has 2 atom stereocenters. The molecule has 0 aliphatic heterocycles. The van der Waals surface area contributed by atoms with Crippen LogP contribution in [0.15, 0.2) is 18.2 Å². The molecular weight excluding hydrogens is 311 g/mol. The zero-order chi connectivity index (χ0) is 14.5. The third-order valence-corrected chi connectivity index (χ3v) is 4.29. The molecule has 1 saturated carbocycles. The highest BCUT2D eigenvalue weighted by atomic mass is 35.5. The van der Waals surface area contributed by atoms with Gasteiger partial charge in [-0.15, -0.1) is 12.4 Å².